The number of carbonyl (C=O) groups excluding carboxylic acids is 2. The maximum absolute atomic E-state index is 11.7. The SMILES string of the molecule is CC(C)C1[C@H](c2c(O)c(C=O)c(O)c(C=O)c2O)[C@@H]2CC[C@@](C)(O)[C@@H]3[C@@H]4C(CC[C@]132)C4(C)C. The van der Waals surface area contributed by atoms with Gasteiger partial charge in [-0.2, -0.15) is 0 Å². The van der Waals surface area contributed by atoms with Crippen molar-refractivity contribution in [1.29, 1.82) is 0 Å². The van der Waals surface area contributed by atoms with Crippen molar-refractivity contribution in [2.45, 2.75) is 71.8 Å². The molecule has 1 aromatic carbocycles. The fraction of sp³-hybridized carbons (Fsp3) is 0.704. The molecule has 0 saturated heterocycles. The van der Waals surface area contributed by atoms with Crippen molar-refractivity contribution in [3.05, 3.63) is 16.7 Å². The first-order chi connectivity index (χ1) is 15.4. The van der Waals surface area contributed by atoms with Crippen molar-refractivity contribution in [2.24, 2.45) is 46.3 Å². The normalized spacial score (nSPS) is 42.5. The molecule has 4 aliphatic carbocycles. The third-order valence-electron chi connectivity index (χ3n) is 10.5. The van der Waals surface area contributed by atoms with Crippen LogP contribution in [0.5, 0.6) is 17.2 Å². The minimum atomic E-state index is -0.771. The summed E-state index contributed by atoms with van der Waals surface area (Å²) >= 11 is 0. The van der Waals surface area contributed by atoms with Crippen molar-refractivity contribution in [3.8, 4) is 17.2 Å². The van der Waals surface area contributed by atoms with Gasteiger partial charge in [0.1, 0.15) is 17.2 Å². The number of fused-ring (bicyclic) bond motifs is 2. The third-order valence-corrected chi connectivity index (χ3v) is 10.5. The number of hydrogen-bond acceptors (Lipinski definition) is 6. The lowest BCUT2D eigenvalue weighted by Gasteiger charge is -2.73. The van der Waals surface area contributed by atoms with Crippen molar-refractivity contribution >= 4 is 12.6 Å². The summed E-state index contributed by atoms with van der Waals surface area (Å²) in [5, 5.41) is 44.0. The maximum Gasteiger partial charge on any atom is 0.157 e. The van der Waals surface area contributed by atoms with Crippen LogP contribution < -0.4 is 0 Å². The second-order valence-corrected chi connectivity index (χ2v) is 12.4. The van der Waals surface area contributed by atoms with Gasteiger partial charge in [-0.3, -0.25) is 9.59 Å². The van der Waals surface area contributed by atoms with Crippen LogP contribution in [0.3, 0.4) is 0 Å². The Balaban J connectivity index is 1.70. The number of phenols is 3. The molecule has 0 aliphatic heterocycles. The van der Waals surface area contributed by atoms with Crippen LogP contribution in [0.15, 0.2) is 0 Å². The number of aliphatic hydroxyl groups is 1. The van der Waals surface area contributed by atoms with E-state index in [-0.39, 0.29) is 57.1 Å². The number of hydrogen-bond donors (Lipinski definition) is 4. The van der Waals surface area contributed by atoms with Crippen LogP contribution in [0.1, 0.15) is 92.5 Å². The van der Waals surface area contributed by atoms with Gasteiger partial charge in [-0.25, -0.2) is 0 Å². The lowest BCUT2D eigenvalue weighted by Crippen LogP contribution is -2.69. The summed E-state index contributed by atoms with van der Waals surface area (Å²) in [6.07, 6.45) is 4.19. The van der Waals surface area contributed by atoms with Crippen LogP contribution in [0, 0.1) is 46.3 Å². The lowest BCUT2D eigenvalue weighted by molar-refractivity contribution is -0.255. The fourth-order valence-corrected chi connectivity index (χ4v) is 9.48. The summed E-state index contributed by atoms with van der Waals surface area (Å²) in [6, 6.07) is 0. The van der Waals surface area contributed by atoms with Gasteiger partial charge in [0, 0.05) is 5.56 Å². The van der Waals surface area contributed by atoms with E-state index in [1.165, 1.54) is 0 Å². The molecule has 0 heterocycles. The van der Waals surface area contributed by atoms with E-state index in [0.29, 0.717) is 30.8 Å². The predicted molar refractivity (Wildman–Crippen MR) is 123 cm³/mol. The fourth-order valence-electron chi connectivity index (χ4n) is 9.48. The summed E-state index contributed by atoms with van der Waals surface area (Å²) in [4.78, 5) is 23.4. The Morgan fingerprint density at radius 2 is 1.42 bits per heavy atom. The highest BCUT2D eigenvalue weighted by Gasteiger charge is 2.79. The topological polar surface area (TPSA) is 115 Å². The quantitative estimate of drug-likeness (QED) is 0.491. The standard InChI is InChI=1S/C27H36O6/c1-12(2)19-17(18-22(31)13(10-28)21(30)14(11-29)23(18)32)15-6-8-26(5,33)24-20-16(25(20,3)4)7-9-27(15,19)24/h10-12,15-17,19-20,24,30-33H,6-9H2,1-5H3/t15-,16?,17-,19?,20-,24-,26+,27-/m0/s1. The van der Waals surface area contributed by atoms with Crippen molar-refractivity contribution in [2.75, 3.05) is 0 Å². The van der Waals surface area contributed by atoms with Crippen molar-refractivity contribution in [1.82, 2.24) is 0 Å². The molecule has 4 saturated carbocycles. The largest absolute Gasteiger partial charge is 0.507 e. The molecule has 0 aromatic heterocycles. The zero-order valence-corrected chi connectivity index (χ0v) is 20.1. The Hall–Kier alpha value is -2.08. The first-order valence-electron chi connectivity index (χ1n) is 12.3. The molecule has 0 amide bonds. The second kappa shape index (κ2) is 6.74. The Morgan fingerprint density at radius 3 is 1.94 bits per heavy atom. The Labute approximate surface area is 195 Å². The van der Waals surface area contributed by atoms with E-state index < -0.39 is 22.8 Å². The van der Waals surface area contributed by atoms with Crippen LogP contribution in [0.25, 0.3) is 0 Å². The molecular formula is C27H36O6. The Kier molecular flexibility index (Phi) is 4.64. The molecule has 8 atom stereocenters. The molecule has 0 bridgehead atoms. The van der Waals surface area contributed by atoms with E-state index in [2.05, 4.69) is 27.7 Å². The van der Waals surface area contributed by atoms with Crippen LogP contribution in [-0.2, 0) is 0 Å². The van der Waals surface area contributed by atoms with E-state index in [1.54, 1.807) is 0 Å². The predicted octanol–water partition coefficient (Wildman–Crippen LogP) is 4.63. The monoisotopic (exact) mass is 456 g/mol. The van der Waals surface area contributed by atoms with Crippen LogP contribution in [0.4, 0.5) is 0 Å². The van der Waals surface area contributed by atoms with Gasteiger partial charge in [0.2, 0.25) is 0 Å². The van der Waals surface area contributed by atoms with Gasteiger partial charge in [-0.1, -0.05) is 27.7 Å². The zero-order chi connectivity index (χ0) is 24.2. The summed E-state index contributed by atoms with van der Waals surface area (Å²) in [7, 11) is 0. The molecule has 4 fully saturated rings. The van der Waals surface area contributed by atoms with E-state index >= 15 is 0 Å². The Bertz CT molecular complexity index is 1000. The van der Waals surface area contributed by atoms with Crippen molar-refractivity contribution < 1.29 is 30.0 Å². The maximum atomic E-state index is 11.7. The van der Waals surface area contributed by atoms with Crippen LogP contribution >= 0.6 is 0 Å². The minimum Gasteiger partial charge on any atom is -0.507 e. The highest BCUT2D eigenvalue weighted by molar-refractivity contribution is 5.95. The van der Waals surface area contributed by atoms with E-state index in [9.17, 15) is 30.0 Å². The molecule has 5 rings (SSSR count). The molecule has 6 nitrogen and oxygen atoms in total. The second-order valence-electron chi connectivity index (χ2n) is 12.4. The molecule has 6 heteroatoms. The summed E-state index contributed by atoms with van der Waals surface area (Å²) < 4.78 is 0. The minimum absolute atomic E-state index is 0.0666. The summed E-state index contributed by atoms with van der Waals surface area (Å²) in [5.74, 6) is -0.195. The molecule has 0 radical (unpaired) electrons. The first-order valence-corrected chi connectivity index (χ1v) is 12.3. The summed E-state index contributed by atoms with van der Waals surface area (Å²) in [5.41, 5.74) is -1.17. The molecule has 2 unspecified atom stereocenters. The van der Waals surface area contributed by atoms with Crippen LogP contribution in [0.2, 0.25) is 0 Å². The smallest absolute Gasteiger partial charge is 0.157 e. The number of carbonyl (C=O) groups is 2. The number of aromatic hydroxyl groups is 3. The van der Waals surface area contributed by atoms with E-state index in [0.717, 1.165) is 19.3 Å². The van der Waals surface area contributed by atoms with Gasteiger partial charge in [-0.05, 0) is 84.9 Å². The average molecular weight is 457 g/mol. The molecule has 33 heavy (non-hydrogen) atoms. The number of rotatable bonds is 4. The van der Waals surface area contributed by atoms with E-state index in [4.69, 9.17) is 0 Å². The van der Waals surface area contributed by atoms with Crippen LogP contribution in [-0.4, -0.2) is 38.6 Å². The van der Waals surface area contributed by atoms with Gasteiger partial charge in [0.05, 0.1) is 16.7 Å². The molecular weight excluding hydrogens is 420 g/mol. The van der Waals surface area contributed by atoms with Gasteiger partial charge < -0.3 is 20.4 Å². The van der Waals surface area contributed by atoms with E-state index in [1.807, 2.05) is 6.92 Å². The zero-order valence-electron chi connectivity index (χ0n) is 20.1. The van der Waals surface area contributed by atoms with Gasteiger partial charge in [0.15, 0.2) is 12.6 Å². The molecule has 180 valence electrons. The Morgan fingerprint density at radius 1 is 0.879 bits per heavy atom. The van der Waals surface area contributed by atoms with Crippen molar-refractivity contribution in [3.63, 3.8) is 0 Å². The van der Waals surface area contributed by atoms with Gasteiger partial charge in [-0.15, -0.1) is 0 Å². The highest BCUT2D eigenvalue weighted by Crippen LogP contribution is 2.83. The number of phenolic OH excluding ortho intramolecular Hbond substituents is 3. The summed E-state index contributed by atoms with van der Waals surface area (Å²) in [6.45, 7) is 10.9. The lowest BCUT2D eigenvalue weighted by atomic mass is 9.32. The van der Waals surface area contributed by atoms with Gasteiger partial charge in [0.25, 0.3) is 0 Å². The molecule has 4 aliphatic rings. The van der Waals surface area contributed by atoms with Gasteiger partial charge >= 0.3 is 0 Å². The molecule has 4 N–H and O–H groups in total. The molecule has 1 spiro atoms. The number of benzene rings is 1. The number of aldehydes is 2. The molecule has 1 aromatic rings. The third kappa shape index (κ3) is 2.53. The first kappa shape index (κ1) is 22.7. The highest BCUT2D eigenvalue weighted by atomic mass is 16.3. The average Bonchev–Trinajstić information content (AvgIpc) is 3.27.